The lowest BCUT2D eigenvalue weighted by atomic mass is 9.68. The molecule has 0 amide bonds. The molecule has 0 bridgehead atoms. The fraction of sp³-hybridized carbons (Fsp3) is 0.333. The average molecular weight is 198 g/mol. The van der Waals surface area contributed by atoms with Crippen LogP contribution in [0.4, 0.5) is 0 Å². The Morgan fingerprint density at radius 1 is 1.13 bits per heavy atom. The topological polar surface area (TPSA) is 0 Å². The van der Waals surface area contributed by atoms with Crippen LogP contribution in [-0.4, -0.2) is 0 Å². The summed E-state index contributed by atoms with van der Waals surface area (Å²) in [6.07, 6.45) is 6.72. The summed E-state index contributed by atoms with van der Waals surface area (Å²) in [4.78, 5) is 0. The number of allylic oxidation sites excluding steroid dienone is 4. The molecule has 0 aliphatic heterocycles. The fourth-order valence-corrected chi connectivity index (χ4v) is 2.30. The Hall–Kier alpha value is -1.30. The monoisotopic (exact) mass is 198 g/mol. The summed E-state index contributed by atoms with van der Waals surface area (Å²) < 4.78 is 0. The largest absolute Gasteiger partial charge is 0.0736 e. The molecule has 2 unspecified atom stereocenters. The maximum atomic E-state index is 2.32. The Morgan fingerprint density at radius 2 is 1.80 bits per heavy atom. The highest BCUT2D eigenvalue weighted by Crippen LogP contribution is 2.39. The number of hydrogen-bond donors (Lipinski definition) is 0. The second kappa shape index (κ2) is 3.69. The third kappa shape index (κ3) is 1.65. The molecule has 0 heteroatoms. The maximum absolute atomic E-state index is 2.32. The molecule has 2 atom stereocenters. The van der Waals surface area contributed by atoms with Gasteiger partial charge in [0.2, 0.25) is 0 Å². The number of rotatable bonds is 1. The molecule has 0 radical (unpaired) electrons. The van der Waals surface area contributed by atoms with Crippen molar-refractivity contribution < 1.29 is 0 Å². The molecule has 0 nitrogen and oxygen atoms in total. The Labute approximate surface area is 92.3 Å². The first kappa shape index (κ1) is 10.2. The van der Waals surface area contributed by atoms with Crippen LogP contribution in [0.5, 0.6) is 0 Å². The van der Waals surface area contributed by atoms with E-state index in [1.807, 2.05) is 0 Å². The van der Waals surface area contributed by atoms with Crippen LogP contribution in [0.15, 0.2) is 54.1 Å². The molecule has 15 heavy (non-hydrogen) atoms. The first-order valence-electron chi connectivity index (χ1n) is 5.56. The molecule has 0 saturated heterocycles. The molecule has 1 aromatic rings. The Balaban J connectivity index is 2.44. The predicted octanol–water partition coefficient (Wildman–Crippen LogP) is 4.10. The van der Waals surface area contributed by atoms with Crippen molar-refractivity contribution in [1.29, 1.82) is 0 Å². The van der Waals surface area contributed by atoms with Crippen molar-refractivity contribution in [1.82, 2.24) is 0 Å². The van der Waals surface area contributed by atoms with Crippen LogP contribution < -0.4 is 0 Å². The standard InChI is InChI=1S/C15H18/c1-12-8-7-11-15(3,13(12)2)14-9-5-4-6-10-14/h4-11,13H,1-3H3. The lowest BCUT2D eigenvalue weighted by Gasteiger charge is -2.36. The van der Waals surface area contributed by atoms with Gasteiger partial charge >= 0.3 is 0 Å². The van der Waals surface area contributed by atoms with E-state index in [1.165, 1.54) is 11.1 Å². The molecule has 0 heterocycles. The molecule has 0 saturated carbocycles. The summed E-state index contributed by atoms with van der Waals surface area (Å²) in [5, 5.41) is 0. The summed E-state index contributed by atoms with van der Waals surface area (Å²) in [6, 6.07) is 10.8. The molecular formula is C15H18. The van der Waals surface area contributed by atoms with Crippen LogP contribution in [0, 0.1) is 5.92 Å². The van der Waals surface area contributed by atoms with Crippen molar-refractivity contribution in [2.75, 3.05) is 0 Å². The van der Waals surface area contributed by atoms with E-state index in [0.717, 1.165) is 0 Å². The van der Waals surface area contributed by atoms with Gasteiger partial charge in [0.15, 0.2) is 0 Å². The molecule has 2 rings (SSSR count). The van der Waals surface area contributed by atoms with Gasteiger partial charge in [0, 0.05) is 5.41 Å². The van der Waals surface area contributed by atoms with E-state index in [9.17, 15) is 0 Å². The predicted molar refractivity (Wildman–Crippen MR) is 65.9 cm³/mol. The van der Waals surface area contributed by atoms with Crippen molar-refractivity contribution in [2.24, 2.45) is 5.92 Å². The lowest BCUT2D eigenvalue weighted by molar-refractivity contribution is 0.436. The zero-order valence-electron chi connectivity index (χ0n) is 9.70. The zero-order valence-corrected chi connectivity index (χ0v) is 9.70. The third-order valence-corrected chi connectivity index (χ3v) is 3.78. The van der Waals surface area contributed by atoms with Crippen molar-refractivity contribution in [3.63, 3.8) is 0 Å². The van der Waals surface area contributed by atoms with Crippen LogP contribution in [0.2, 0.25) is 0 Å². The third-order valence-electron chi connectivity index (χ3n) is 3.78. The van der Waals surface area contributed by atoms with Gasteiger partial charge in [0.1, 0.15) is 0 Å². The summed E-state index contributed by atoms with van der Waals surface area (Å²) in [6.45, 7) is 6.84. The molecule has 0 N–H and O–H groups in total. The van der Waals surface area contributed by atoms with Crippen LogP contribution >= 0.6 is 0 Å². The van der Waals surface area contributed by atoms with Crippen LogP contribution in [0.25, 0.3) is 0 Å². The van der Waals surface area contributed by atoms with Crippen molar-refractivity contribution in [3.05, 3.63) is 59.7 Å². The summed E-state index contributed by atoms with van der Waals surface area (Å²) in [5.74, 6) is 0.574. The smallest absolute Gasteiger partial charge is 0.0169 e. The number of benzene rings is 1. The summed E-state index contributed by atoms with van der Waals surface area (Å²) >= 11 is 0. The van der Waals surface area contributed by atoms with E-state index in [4.69, 9.17) is 0 Å². The minimum atomic E-state index is 0.153. The normalized spacial score (nSPS) is 30.1. The van der Waals surface area contributed by atoms with Crippen LogP contribution in [-0.2, 0) is 5.41 Å². The zero-order chi connectivity index (χ0) is 10.9. The quantitative estimate of drug-likeness (QED) is 0.637. The van der Waals surface area contributed by atoms with Gasteiger partial charge in [0.25, 0.3) is 0 Å². The maximum Gasteiger partial charge on any atom is 0.0169 e. The van der Waals surface area contributed by atoms with E-state index in [2.05, 4.69) is 69.3 Å². The molecule has 1 aromatic carbocycles. The molecule has 1 aliphatic carbocycles. The first-order valence-corrected chi connectivity index (χ1v) is 5.56. The lowest BCUT2D eigenvalue weighted by Crippen LogP contribution is -2.30. The van der Waals surface area contributed by atoms with Crippen molar-refractivity contribution in [3.8, 4) is 0 Å². The van der Waals surface area contributed by atoms with Gasteiger partial charge in [-0.25, -0.2) is 0 Å². The highest BCUT2D eigenvalue weighted by Gasteiger charge is 2.32. The second-order valence-corrected chi connectivity index (χ2v) is 4.64. The Kier molecular flexibility index (Phi) is 2.52. The van der Waals surface area contributed by atoms with Gasteiger partial charge in [0.05, 0.1) is 0 Å². The van der Waals surface area contributed by atoms with E-state index >= 15 is 0 Å². The molecule has 1 aliphatic rings. The van der Waals surface area contributed by atoms with Gasteiger partial charge in [-0.15, -0.1) is 0 Å². The van der Waals surface area contributed by atoms with Crippen LogP contribution in [0.1, 0.15) is 26.3 Å². The fourth-order valence-electron chi connectivity index (χ4n) is 2.30. The number of hydrogen-bond acceptors (Lipinski definition) is 0. The average Bonchev–Trinajstić information content (AvgIpc) is 2.27. The van der Waals surface area contributed by atoms with Crippen molar-refractivity contribution in [2.45, 2.75) is 26.2 Å². The van der Waals surface area contributed by atoms with Gasteiger partial charge in [-0.05, 0) is 18.4 Å². The highest BCUT2D eigenvalue weighted by atomic mass is 14.4. The van der Waals surface area contributed by atoms with Gasteiger partial charge in [-0.2, -0.15) is 0 Å². The Bertz CT molecular complexity index is 397. The summed E-state index contributed by atoms with van der Waals surface area (Å²) in [5.41, 5.74) is 3.02. The first-order chi connectivity index (χ1) is 7.14. The highest BCUT2D eigenvalue weighted by molar-refractivity contribution is 5.38. The van der Waals surface area contributed by atoms with Gasteiger partial charge in [-0.1, -0.05) is 68.0 Å². The van der Waals surface area contributed by atoms with E-state index in [0.29, 0.717) is 5.92 Å². The SMILES string of the molecule is CC1=CC=CC(C)(c2ccccc2)C1C. The van der Waals surface area contributed by atoms with Gasteiger partial charge < -0.3 is 0 Å². The minimum absolute atomic E-state index is 0.153. The minimum Gasteiger partial charge on any atom is -0.0736 e. The van der Waals surface area contributed by atoms with E-state index in [1.54, 1.807) is 0 Å². The van der Waals surface area contributed by atoms with Crippen molar-refractivity contribution >= 4 is 0 Å². The molecular weight excluding hydrogens is 180 g/mol. The van der Waals surface area contributed by atoms with E-state index < -0.39 is 0 Å². The Morgan fingerprint density at radius 3 is 2.47 bits per heavy atom. The molecule has 78 valence electrons. The van der Waals surface area contributed by atoms with Gasteiger partial charge in [-0.3, -0.25) is 0 Å². The molecule has 0 spiro atoms. The second-order valence-electron chi connectivity index (χ2n) is 4.64. The molecule has 0 fully saturated rings. The van der Waals surface area contributed by atoms with Crippen LogP contribution in [0.3, 0.4) is 0 Å². The molecule has 0 aromatic heterocycles. The van der Waals surface area contributed by atoms with E-state index in [-0.39, 0.29) is 5.41 Å². The summed E-state index contributed by atoms with van der Waals surface area (Å²) in [7, 11) is 0.